The molecule has 0 spiro atoms. The van der Waals surface area contributed by atoms with E-state index in [0.717, 1.165) is 11.1 Å². The van der Waals surface area contributed by atoms with E-state index in [1.807, 2.05) is 24.3 Å². The number of nitrogens with one attached hydrogen (secondary N) is 1. The van der Waals surface area contributed by atoms with E-state index < -0.39 is 5.97 Å². The average Bonchev–Trinajstić information content (AvgIpc) is 2.72. The molecule has 2 N–H and O–H groups in total. The second-order valence-corrected chi connectivity index (χ2v) is 7.05. The Bertz CT molecular complexity index is 1020. The molecule has 3 aromatic carbocycles. The highest BCUT2D eigenvalue weighted by Crippen LogP contribution is 2.29. The molecule has 0 atom stereocenters. The summed E-state index contributed by atoms with van der Waals surface area (Å²) in [6.45, 7) is 0.671. The zero-order valence-corrected chi connectivity index (χ0v) is 17.1. The SMILES string of the molecule is COc1ccc(C(=O)O)cc1NCc1cc(Cl)ccc1OCc1ccccc1Cl. The van der Waals surface area contributed by atoms with Crippen molar-refractivity contribution in [3.8, 4) is 11.5 Å². The van der Waals surface area contributed by atoms with Crippen molar-refractivity contribution in [1.29, 1.82) is 0 Å². The van der Waals surface area contributed by atoms with Gasteiger partial charge in [0.05, 0.1) is 18.4 Å². The number of carbonyl (C=O) groups is 1. The molecule has 0 heterocycles. The van der Waals surface area contributed by atoms with Crippen LogP contribution in [0.1, 0.15) is 21.5 Å². The maximum atomic E-state index is 11.3. The first-order valence-electron chi connectivity index (χ1n) is 8.77. The second-order valence-electron chi connectivity index (χ2n) is 6.21. The number of benzene rings is 3. The molecule has 0 saturated heterocycles. The molecule has 29 heavy (non-hydrogen) atoms. The molecule has 0 unspecified atom stereocenters. The molecule has 3 rings (SSSR count). The fraction of sp³-hybridized carbons (Fsp3) is 0.136. The van der Waals surface area contributed by atoms with Crippen molar-refractivity contribution >= 4 is 34.9 Å². The molecule has 0 aromatic heterocycles. The van der Waals surface area contributed by atoms with E-state index in [-0.39, 0.29) is 5.56 Å². The fourth-order valence-corrected chi connectivity index (χ4v) is 3.15. The third-order valence-corrected chi connectivity index (χ3v) is 4.88. The van der Waals surface area contributed by atoms with Gasteiger partial charge >= 0.3 is 5.97 Å². The lowest BCUT2D eigenvalue weighted by atomic mass is 10.1. The highest BCUT2D eigenvalue weighted by atomic mass is 35.5. The molecule has 150 valence electrons. The van der Waals surface area contributed by atoms with Crippen LogP contribution in [0.2, 0.25) is 10.0 Å². The standard InChI is InChI=1S/C22H19Cl2NO4/c1-28-21-8-6-14(22(26)27)11-19(21)25-12-16-10-17(23)7-9-20(16)29-13-15-4-2-3-5-18(15)24/h2-11,25H,12-13H2,1H3,(H,26,27). The smallest absolute Gasteiger partial charge is 0.335 e. The average molecular weight is 432 g/mol. The van der Waals surface area contributed by atoms with Crippen molar-refractivity contribution in [2.45, 2.75) is 13.2 Å². The number of carboxylic acids is 1. The zero-order chi connectivity index (χ0) is 20.8. The van der Waals surface area contributed by atoms with Gasteiger partial charge in [-0.3, -0.25) is 0 Å². The molecule has 5 nitrogen and oxygen atoms in total. The first kappa shape index (κ1) is 20.8. The third-order valence-electron chi connectivity index (χ3n) is 4.28. The number of hydrogen-bond donors (Lipinski definition) is 2. The zero-order valence-electron chi connectivity index (χ0n) is 15.6. The van der Waals surface area contributed by atoms with Gasteiger partial charge in [-0.05, 0) is 42.5 Å². The fourth-order valence-electron chi connectivity index (χ4n) is 2.77. The summed E-state index contributed by atoms with van der Waals surface area (Å²) in [7, 11) is 1.53. The van der Waals surface area contributed by atoms with Crippen LogP contribution in [0.3, 0.4) is 0 Å². The lowest BCUT2D eigenvalue weighted by molar-refractivity contribution is 0.0697. The molecular weight excluding hydrogens is 413 g/mol. The van der Waals surface area contributed by atoms with Gasteiger partial charge in [0.25, 0.3) is 0 Å². The van der Waals surface area contributed by atoms with Gasteiger partial charge in [0, 0.05) is 27.7 Å². The number of ether oxygens (including phenoxy) is 2. The Balaban J connectivity index is 1.79. The summed E-state index contributed by atoms with van der Waals surface area (Å²) >= 11 is 12.4. The minimum absolute atomic E-state index is 0.162. The summed E-state index contributed by atoms with van der Waals surface area (Å²) in [6.07, 6.45) is 0. The number of halogens is 2. The minimum Gasteiger partial charge on any atom is -0.495 e. The molecular formula is C22H19Cl2NO4. The quantitative estimate of drug-likeness (QED) is 0.465. The lowest BCUT2D eigenvalue weighted by Crippen LogP contribution is -2.06. The predicted octanol–water partition coefficient (Wildman–Crippen LogP) is 5.89. The summed E-state index contributed by atoms with van der Waals surface area (Å²) in [5, 5.41) is 13.6. The van der Waals surface area contributed by atoms with Gasteiger partial charge in [-0.25, -0.2) is 4.79 Å². The van der Waals surface area contributed by atoms with Crippen molar-refractivity contribution in [3.05, 3.63) is 87.4 Å². The molecule has 0 fully saturated rings. The number of aromatic carboxylic acids is 1. The minimum atomic E-state index is -1.01. The predicted molar refractivity (Wildman–Crippen MR) is 115 cm³/mol. The van der Waals surface area contributed by atoms with E-state index in [0.29, 0.717) is 40.4 Å². The van der Waals surface area contributed by atoms with Gasteiger partial charge in [-0.2, -0.15) is 0 Å². The van der Waals surface area contributed by atoms with Gasteiger partial charge in [-0.1, -0.05) is 41.4 Å². The van der Waals surface area contributed by atoms with E-state index in [1.165, 1.54) is 19.2 Å². The molecule has 0 bridgehead atoms. The van der Waals surface area contributed by atoms with Gasteiger partial charge < -0.3 is 19.9 Å². The van der Waals surface area contributed by atoms with Gasteiger partial charge in [-0.15, -0.1) is 0 Å². The Hall–Kier alpha value is -2.89. The monoisotopic (exact) mass is 431 g/mol. The number of methoxy groups -OCH3 is 1. The van der Waals surface area contributed by atoms with E-state index in [2.05, 4.69) is 5.32 Å². The number of carboxylic acid groups (broad SMARTS) is 1. The Kier molecular flexibility index (Phi) is 6.86. The summed E-state index contributed by atoms with van der Waals surface area (Å²) in [6, 6.07) is 17.4. The summed E-state index contributed by atoms with van der Waals surface area (Å²) < 4.78 is 11.3. The van der Waals surface area contributed by atoms with Crippen LogP contribution in [0.25, 0.3) is 0 Å². The van der Waals surface area contributed by atoms with Crippen molar-refractivity contribution in [2.75, 3.05) is 12.4 Å². The Morgan fingerprint density at radius 3 is 2.48 bits per heavy atom. The number of anilines is 1. The second kappa shape index (κ2) is 9.54. The van der Waals surface area contributed by atoms with Crippen LogP contribution in [0.4, 0.5) is 5.69 Å². The van der Waals surface area contributed by atoms with Crippen LogP contribution < -0.4 is 14.8 Å². The summed E-state index contributed by atoms with van der Waals surface area (Å²) in [5.74, 6) is 0.174. The summed E-state index contributed by atoms with van der Waals surface area (Å²) in [5.41, 5.74) is 2.41. The lowest BCUT2D eigenvalue weighted by Gasteiger charge is -2.16. The van der Waals surface area contributed by atoms with Gasteiger partial charge in [0.1, 0.15) is 18.1 Å². The Morgan fingerprint density at radius 1 is 1.00 bits per heavy atom. The van der Waals surface area contributed by atoms with Crippen molar-refractivity contribution in [2.24, 2.45) is 0 Å². The maximum Gasteiger partial charge on any atom is 0.335 e. The van der Waals surface area contributed by atoms with Crippen molar-refractivity contribution < 1.29 is 19.4 Å². The largest absolute Gasteiger partial charge is 0.495 e. The van der Waals surface area contributed by atoms with E-state index >= 15 is 0 Å². The number of rotatable bonds is 8. The van der Waals surface area contributed by atoms with Crippen molar-refractivity contribution in [1.82, 2.24) is 0 Å². The molecule has 0 aliphatic rings. The molecule has 7 heteroatoms. The maximum absolute atomic E-state index is 11.3. The van der Waals surface area contributed by atoms with Gasteiger partial charge in [0.2, 0.25) is 0 Å². The van der Waals surface area contributed by atoms with Gasteiger partial charge in [0.15, 0.2) is 0 Å². The van der Waals surface area contributed by atoms with Crippen LogP contribution >= 0.6 is 23.2 Å². The van der Waals surface area contributed by atoms with Crippen molar-refractivity contribution in [3.63, 3.8) is 0 Å². The van der Waals surface area contributed by atoms with Crippen LogP contribution in [0.15, 0.2) is 60.7 Å². The van der Waals surface area contributed by atoms with E-state index in [4.69, 9.17) is 32.7 Å². The number of hydrogen-bond acceptors (Lipinski definition) is 4. The summed E-state index contributed by atoms with van der Waals surface area (Å²) in [4.78, 5) is 11.3. The molecule has 0 radical (unpaired) electrons. The molecule has 3 aromatic rings. The van der Waals surface area contributed by atoms with Crippen LogP contribution in [-0.2, 0) is 13.2 Å². The normalized spacial score (nSPS) is 10.4. The molecule has 0 aliphatic heterocycles. The highest BCUT2D eigenvalue weighted by Gasteiger charge is 2.11. The van der Waals surface area contributed by atoms with Crippen LogP contribution in [0.5, 0.6) is 11.5 Å². The molecule has 0 saturated carbocycles. The van der Waals surface area contributed by atoms with E-state index in [9.17, 15) is 9.90 Å². The first-order chi connectivity index (χ1) is 14.0. The third kappa shape index (κ3) is 5.34. The molecule has 0 aliphatic carbocycles. The van der Waals surface area contributed by atoms with Crippen LogP contribution in [0, 0.1) is 0 Å². The van der Waals surface area contributed by atoms with Crippen LogP contribution in [-0.4, -0.2) is 18.2 Å². The Labute approximate surface area is 178 Å². The highest BCUT2D eigenvalue weighted by molar-refractivity contribution is 6.31. The van der Waals surface area contributed by atoms with E-state index in [1.54, 1.807) is 24.3 Å². The first-order valence-corrected chi connectivity index (χ1v) is 9.53. The molecule has 0 amide bonds. The Morgan fingerprint density at radius 2 is 1.76 bits per heavy atom. The topological polar surface area (TPSA) is 67.8 Å².